The molecule has 1 saturated heterocycles. The topological polar surface area (TPSA) is 69.1 Å². The molecule has 1 aliphatic heterocycles. The number of benzene rings is 1. The largest absolute Gasteiger partial charge is 0.337 e. The van der Waals surface area contributed by atoms with Crippen LogP contribution in [-0.4, -0.2) is 44.8 Å². The average Bonchev–Trinajstić information content (AvgIpc) is 3.23. The molecular formula is C19H22N6O. The first-order valence-corrected chi connectivity index (χ1v) is 8.69. The summed E-state index contributed by atoms with van der Waals surface area (Å²) in [5.74, 6) is 0. The lowest BCUT2D eigenvalue weighted by atomic mass is 10.0. The van der Waals surface area contributed by atoms with Gasteiger partial charge >= 0.3 is 5.69 Å². The van der Waals surface area contributed by atoms with Crippen LogP contribution in [0.5, 0.6) is 0 Å². The average molecular weight is 350 g/mol. The predicted molar refractivity (Wildman–Crippen MR) is 104 cm³/mol. The first kappa shape index (κ1) is 16.5. The highest BCUT2D eigenvalue weighted by molar-refractivity contribution is 6.05. The van der Waals surface area contributed by atoms with Gasteiger partial charge in [-0.1, -0.05) is 0 Å². The third kappa shape index (κ3) is 2.61. The van der Waals surface area contributed by atoms with Crippen LogP contribution in [0.15, 0.2) is 52.1 Å². The second kappa shape index (κ2) is 6.42. The first-order chi connectivity index (χ1) is 12.6. The van der Waals surface area contributed by atoms with Gasteiger partial charge in [-0.15, -0.1) is 0 Å². The third-order valence-electron chi connectivity index (χ3n) is 5.04. The highest BCUT2D eigenvalue weighted by atomic mass is 16.1. The quantitative estimate of drug-likeness (QED) is 0.766. The van der Waals surface area contributed by atoms with Crippen LogP contribution in [0.25, 0.3) is 22.3 Å². The molecule has 0 atom stereocenters. The second-order valence-electron chi connectivity index (χ2n) is 6.49. The molecule has 7 nitrogen and oxygen atoms in total. The maximum absolute atomic E-state index is 13.0. The van der Waals surface area contributed by atoms with E-state index in [1.807, 2.05) is 62.5 Å². The summed E-state index contributed by atoms with van der Waals surface area (Å²) in [7, 11) is 3.72. The molecule has 1 aromatic carbocycles. The van der Waals surface area contributed by atoms with E-state index in [1.165, 1.54) is 0 Å². The van der Waals surface area contributed by atoms with Gasteiger partial charge < -0.3 is 5.32 Å². The maximum atomic E-state index is 13.0. The minimum atomic E-state index is -0.0840. The molecule has 134 valence electrons. The summed E-state index contributed by atoms with van der Waals surface area (Å²) in [6, 6.07) is 5.91. The van der Waals surface area contributed by atoms with Gasteiger partial charge in [0, 0.05) is 68.4 Å². The normalized spacial score (nSPS) is 18.7. The lowest BCUT2D eigenvalue weighted by Gasteiger charge is -2.20. The van der Waals surface area contributed by atoms with E-state index in [4.69, 9.17) is 0 Å². The molecule has 1 N–H and O–H groups in total. The lowest BCUT2D eigenvalue weighted by molar-refractivity contribution is 0.726. The fourth-order valence-corrected chi connectivity index (χ4v) is 3.53. The molecule has 0 unspecified atom stereocenters. The van der Waals surface area contributed by atoms with Crippen molar-refractivity contribution in [2.75, 3.05) is 20.1 Å². The van der Waals surface area contributed by atoms with Crippen LogP contribution in [0.1, 0.15) is 13.3 Å². The number of fused-ring (bicyclic) bond motifs is 1. The Morgan fingerprint density at radius 2 is 2.15 bits per heavy atom. The Hall–Kier alpha value is -2.93. The SMILES string of the molecule is CN=C1CCNC/C1=C(/C)n1ccn(-c2ccc3c(cnn3C)c2)c1=O. The van der Waals surface area contributed by atoms with Gasteiger partial charge in [-0.25, -0.2) is 4.79 Å². The zero-order valence-electron chi connectivity index (χ0n) is 15.2. The Balaban J connectivity index is 1.79. The van der Waals surface area contributed by atoms with Gasteiger partial charge in [0.05, 0.1) is 17.4 Å². The standard InChI is InChI=1S/C19H22N6O/c1-13(16-12-21-7-6-17(16)20-2)24-8-9-25(19(24)26)15-4-5-18-14(10-15)11-22-23(18)3/h4-5,8-11,21H,6-7,12H2,1-3H3/b16-13+,20-17?. The fourth-order valence-electron chi connectivity index (χ4n) is 3.53. The fraction of sp³-hybridized carbons (Fsp3) is 0.316. The van der Waals surface area contributed by atoms with Gasteiger partial charge in [0.1, 0.15) is 0 Å². The van der Waals surface area contributed by atoms with E-state index in [0.717, 1.165) is 53.1 Å². The van der Waals surface area contributed by atoms with Crippen molar-refractivity contribution in [2.45, 2.75) is 13.3 Å². The molecule has 0 spiro atoms. The number of hydrogen-bond donors (Lipinski definition) is 1. The van der Waals surface area contributed by atoms with Crippen molar-refractivity contribution in [3.05, 3.63) is 52.8 Å². The summed E-state index contributed by atoms with van der Waals surface area (Å²) < 4.78 is 5.18. The van der Waals surface area contributed by atoms with Gasteiger partial charge in [-0.2, -0.15) is 5.10 Å². The third-order valence-corrected chi connectivity index (χ3v) is 5.04. The van der Waals surface area contributed by atoms with Crippen molar-refractivity contribution >= 4 is 22.3 Å². The zero-order valence-corrected chi connectivity index (χ0v) is 15.2. The highest BCUT2D eigenvalue weighted by Gasteiger charge is 2.17. The summed E-state index contributed by atoms with van der Waals surface area (Å²) in [5.41, 5.74) is 4.87. The van der Waals surface area contributed by atoms with Crippen molar-refractivity contribution in [1.82, 2.24) is 24.2 Å². The summed E-state index contributed by atoms with van der Waals surface area (Å²) in [5, 5.41) is 8.63. The summed E-state index contributed by atoms with van der Waals surface area (Å²) in [6.07, 6.45) is 6.32. The number of nitrogens with zero attached hydrogens (tertiary/aromatic N) is 5. The smallest absolute Gasteiger partial charge is 0.312 e. The molecule has 1 aliphatic rings. The van der Waals surface area contributed by atoms with E-state index in [9.17, 15) is 4.79 Å². The molecular weight excluding hydrogens is 328 g/mol. The summed E-state index contributed by atoms with van der Waals surface area (Å²) in [4.78, 5) is 17.4. The van der Waals surface area contributed by atoms with E-state index in [1.54, 1.807) is 9.13 Å². The van der Waals surface area contributed by atoms with E-state index in [2.05, 4.69) is 15.4 Å². The van der Waals surface area contributed by atoms with Crippen molar-refractivity contribution in [3.63, 3.8) is 0 Å². The number of nitrogens with one attached hydrogen (secondary N) is 1. The number of hydrogen-bond acceptors (Lipinski definition) is 4. The molecule has 2 aromatic heterocycles. The van der Waals surface area contributed by atoms with E-state index >= 15 is 0 Å². The van der Waals surface area contributed by atoms with Crippen LogP contribution in [0.3, 0.4) is 0 Å². The van der Waals surface area contributed by atoms with Gasteiger partial charge in [-0.05, 0) is 25.1 Å². The maximum Gasteiger partial charge on any atom is 0.337 e. The summed E-state index contributed by atoms with van der Waals surface area (Å²) in [6.45, 7) is 3.63. The predicted octanol–water partition coefficient (Wildman–Crippen LogP) is 1.82. The van der Waals surface area contributed by atoms with E-state index in [0.29, 0.717) is 0 Å². The lowest BCUT2D eigenvalue weighted by Crippen LogP contribution is -2.33. The summed E-state index contributed by atoms with van der Waals surface area (Å²) >= 11 is 0. The molecule has 3 aromatic rings. The first-order valence-electron chi connectivity index (χ1n) is 8.69. The van der Waals surface area contributed by atoms with Crippen LogP contribution in [0.4, 0.5) is 0 Å². The monoisotopic (exact) mass is 350 g/mol. The number of rotatable bonds is 2. The number of aryl methyl sites for hydroxylation is 1. The Morgan fingerprint density at radius 1 is 1.31 bits per heavy atom. The number of aromatic nitrogens is 4. The van der Waals surface area contributed by atoms with Crippen LogP contribution in [-0.2, 0) is 7.05 Å². The second-order valence-corrected chi connectivity index (χ2v) is 6.49. The van der Waals surface area contributed by atoms with Crippen LogP contribution >= 0.6 is 0 Å². The Labute approximate surface area is 151 Å². The van der Waals surface area contributed by atoms with Crippen molar-refractivity contribution < 1.29 is 0 Å². The zero-order chi connectivity index (χ0) is 18.3. The molecule has 1 fully saturated rings. The molecule has 0 aliphatic carbocycles. The van der Waals surface area contributed by atoms with Crippen LogP contribution < -0.4 is 11.0 Å². The van der Waals surface area contributed by atoms with Gasteiger partial charge in [0.2, 0.25) is 0 Å². The Morgan fingerprint density at radius 3 is 2.96 bits per heavy atom. The molecule has 26 heavy (non-hydrogen) atoms. The van der Waals surface area contributed by atoms with Gasteiger partial charge in [0.25, 0.3) is 0 Å². The molecule has 0 radical (unpaired) electrons. The number of piperidine rings is 1. The van der Waals surface area contributed by atoms with Gasteiger partial charge in [0.15, 0.2) is 0 Å². The Bertz CT molecular complexity index is 1090. The van der Waals surface area contributed by atoms with Crippen molar-refractivity contribution in [3.8, 4) is 5.69 Å². The minimum Gasteiger partial charge on any atom is -0.312 e. The molecule has 0 saturated carbocycles. The van der Waals surface area contributed by atoms with Gasteiger partial charge in [-0.3, -0.25) is 18.8 Å². The molecule has 0 bridgehead atoms. The van der Waals surface area contributed by atoms with Crippen LogP contribution in [0, 0.1) is 0 Å². The van der Waals surface area contributed by atoms with E-state index in [-0.39, 0.29) is 5.69 Å². The Kier molecular flexibility index (Phi) is 4.08. The highest BCUT2D eigenvalue weighted by Crippen LogP contribution is 2.18. The number of aliphatic imine (C=N–C) groups is 1. The van der Waals surface area contributed by atoms with Crippen molar-refractivity contribution in [2.24, 2.45) is 12.0 Å². The number of imidazole rings is 1. The molecule has 7 heteroatoms. The van der Waals surface area contributed by atoms with Crippen molar-refractivity contribution in [1.29, 1.82) is 0 Å². The minimum absolute atomic E-state index is 0.0840. The van der Waals surface area contributed by atoms with E-state index < -0.39 is 0 Å². The molecule has 0 amide bonds. The number of allylic oxidation sites excluding steroid dienone is 1. The molecule has 3 heterocycles. The van der Waals surface area contributed by atoms with Crippen LogP contribution in [0.2, 0.25) is 0 Å². The molecule has 4 rings (SSSR count).